The van der Waals surface area contributed by atoms with Gasteiger partial charge in [-0.15, -0.1) is 17.3 Å². The van der Waals surface area contributed by atoms with Crippen LogP contribution < -0.4 is 10.1 Å². The third kappa shape index (κ3) is 4.19. The van der Waals surface area contributed by atoms with E-state index in [4.69, 9.17) is 4.74 Å². The van der Waals surface area contributed by atoms with Gasteiger partial charge in [0.1, 0.15) is 11.4 Å². The molecule has 1 amide bonds. The highest BCUT2D eigenvalue weighted by Crippen LogP contribution is 2.24. The molecule has 0 radical (unpaired) electrons. The highest BCUT2D eigenvalue weighted by molar-refractivity contribution is 7.20. The fraction of sp³-hybridized carbons (Fsp3) is 0.200. The van der Waals surface area contributed by atoms with E-state index in [0.29, 0.717) is 10.4 Å². The van der Waals surface area contributed by atoms with E-state index in [-0.39, 0.29) is 24.8 Å². The molecular formula is C20H17FN2O2S. The van der Waals surface area contributed by atoms with Crippen molar-refractivity contribution in [3.63, 3.8) is 0 Å². The van der Waals surface area contributed by atoms with E-state index in [1.54, 1.807) is 30.5 Å². The molecule has 1 aromatic carbocycles. The van der Waals surface area contributed by atoms with Crippen molar-refractivity contribution in [2.75, 3.05) is 6.61 Å². The summed E-state index contributed by atoms with van der Waals surface area (Å²) in [6, 6.07) is 10.4. The molecule has 0 saturated heterocycles. The zero-order valence-electron chi connectivity index (χ0n) is 14.2. The van der Waals surface area contributed by atoms with Crippen molar-refractivity contribution in [2.24, 2.45) is 0 Å². The van der Waals surface area contributed by atoms with E-state index in [1.807, 2.05) is 19.1 Å². The number of rotatable bonds is 5. The number of hydrogen-bond acceptors (Lipinski definition) is 4. The van der Waals surface area contributed by atoms with E-state index in [1.165, 1.54) is 11.3 Å². The number of halogens is 1. The molecule has 0 spiro atoms. The average molecular weight is 368 g/mol. The quantitative estimate of drug-likeness (QED) is 0.688. The van der Waals surface area contributed by atoms with E-state index in [9.17, 15) is 9.18 Å². The summed E-state index contributed by atoms with van der Waals surface area (Å²) in [4.78, 5) is 17.9. The summed E-state index contributed by atoms with van der Waals surface area (Å²) in [5.41, 5.74) is 0.360. The van der Waals surface area contributed by atoms with E-state index >= 15 is 0 Å². The third-order valence-electron chi connectivity index (χ3n) is 3.60. The molecule has 2 aromatic heterocycles. The minimum Gasteiger partial charge on any atom is -0.478 e. The molecule has 3 aromatic rings. The highest BCUT2D eigenvalue weighted by Gasteiger charge is 2.13. The molecule has 3 rings (SSSR count). The third-order valence-corrected chi connectivity index (χ3v) is 4.66. The number of nitrogens with one attached hydrogen (secondary N) is 1. The van der Waals surface area contributed by atoms with Crippen LogP contribution in [0.3, 0.4) is 0 Å². The van der Waals surface area contributed by atoms with Gasteiger partial charge in [-0.3, -0.25) is 4.79 Å². The van der Waals surface area contributed by atoms with Crippen LogP contribution in [-0.2, 0) is 6.54 Å². The molecule has 6 heteroatoms. The molecule has 4 nitrogen and oxygen atoms in total. The number of thiophene rings is 1. The second-order valence-electron chi connectivity index (χ2n) is 5.42. The SMILES string of the molecule is CCC#CCOc1cccc(CNC(=O)c2cc3cccnc3s2)c1F. The Kier molecular flexibility index (Phi) is 5.82. The minimum atomic E-state index is -0.482. The van der Waals surface area contributed by atoms with Gasteiger partial charge in [-0.1, -0.05) is 31.0 Å². The number of benzene rings is 1. The van der Waals surface area contributed by atoms with Crippen molar-refractivity contribution in [1.82, 2.24) is 10.3 Å². The Hall–Kier alpha value is -2.91. The lowest BCUT2D eigenvalue weighted by molar-refractivity contribution is 0.0954. The van der Waals surface area contributed by atoms with Crippen molar-refractivity contribution in [3.05, 3.63) is 58.9 Å². The first kappa shape index (κ1) is 17.9. The van der Waals surface area contributed by atoms with Crippen LogP contribution in [0.1, 0.15) is 28.6 Å². The molecule has 0 atom stereocenters. The molecule has 26 heavy (non-hydrogen) atoms. The van der Waals surface area contributed by atoms with Gasteiger partial charge in [0.25, 0.3) is 5.91 Å². The predicted molar refractivity (Wildman–Crippen MR) is 101 cm³/mol. The molecule has 0 bridgehead atoms. The average Bonchev–Trinajstić information content (AvgIpc) is 3.09. The molecule has 2 heterocycles. The monoisotopic (exact) mass is 368 g/mol. The van der Waals surface area contributed by atoms with Crippen LogP contribution in [0.2, 0.25) is 0 Å². The van der Waals surface area contributed by atoms with Gasteiger partial charge in [-0.05, 0) is 18.2 Å². The maximum Gasteiger partial charge on any atom is 0.261 e. The molecule has 0 aliphatic heterocycles. The first-order valence-electron chi connectivity index (χ1n) is 8.17. The number of pyridine rings is 1. The second-order valence-corrected chi connectivity index (χ2v) is 6.45. The Morgan fingerprint density at radius 1 is 1.31 bits per heavy atom. The highest BCUT2D eigenvalue weighted by atomic mass is 32.1. The molecule has 1 N–H and O–H groups in total. The molecule has 0 aliphatic carbocycles. The molecule has 132 valence electrons. The number of ether oxygens (including phenoxy) is 1. The van der Waals surface area contributed by atoms with Crippen LogP contribution in [0.4, 0.5) is 4.39 Å². The summed E-state index contributed by atoms with van der Waals surface area (Å²) < 4.78 is 19.8. The predicted octanol–water partition coefficient (Wildman–Crippen LogP) is 4.16. The van der Waals surface area contributed by atoms with E-state index in [2.05, 4.69) is 22.1 Å². The maximum atomic E-state index is 14.5. The van der Waals surface area contributed by atoms with Crippen LogP contribution >= 0.6 is 11.3 Å². The molecule has 0 aliphatic rings. The fourth-order valence-electron chi connectivity index (χ4n) is 2.34. The van der Waals surface area contributed by atoms with Crippen LogP contribution in [0.5, 0.6) is 5.75 Å². The Morgan fingerprint density at radius 3 is 3.00 bits per heavy atom. The van der Waals surface area contributed by atoms with E-state index < -0.39 is 5.82 Å². The van der Waals surface area contributed by atoms with Crippen molar-refractivity contribution in [3.8, 4) is 17.6 Å². The summed E-state index contributed by atoms with van der Waals surface area (Å²) in [6.07, 6.45) is 2.41. The summed E-state index contributed by atoms with van der Waals surface area (Å²) in [6.45, 7) is 2.14. The molecule has 0 unspecified atom stereocenters. The van der Waals surface area contributed by atoms with Crippen LogP contribution in [0, 0.1) is 17.7 Å². The summed E-state index contributed by atoms with van der Waals surface area (Å²) >= 11 is 1.31. The van der Waals surface area contributed by atoms with Gasteiger partial charge in [0, 0.05) is 30.1 Å². The Balaban J connectivity index is 1.66. The van der Waals surface area contributed by atoms with Crippen LogP contribution in [0.25, 0.3) is 10.2 Å². The van der Waals surface area contributed by atoms with Crippen molar-refractivity contribution >= 4 is 27.5 Å². The molecule has 0 saturated carbocycles. The smallest absolute Gasteiger partial charge is 0.261 e. The van der Waals surface area contributed by atoms with Gasteiger partial charge in [-0.25, -0.2) is 9.37 Å². The number of fused-ring (bicyclic) bond motifs is 1. The Morgan fingerprint density at radius 2 is 2.19 bits per heavy atom. The van der Waals surface area contributed by atoms with Crippen LogP contribution in [0.15, 0.2) is 42.6 Å². The number of carbonyl (C=O) groups is 1. The van der Waals surface area contributed by atoms with Gasteiger partial charge in [0.15, 0.2) is 11.6 Å². The molecular weight excluding hydrogens is 351 g/mol. The Bertz CT molecular complexity index is 955. The second kappa shape index (κ2) is 8.45. The lowest BCUT2D eigenvalue weighted by Crippen LogP contribution is -2.22. The number of aromatic nitrogens is 1. The summed E-state index contributed by atoms with van der Waals surface area (Å²) in [5.74, 6) is 5.06. The van der Waals surface area contributed by atoms with Crippen molar-refractivity contribution < 1.29 is 13.9 Å². The number of amides is 1. The summed E-state index contributed by atoms with van der Waals surface area (Å²) in [5, 5.41) is 3.66. The summed E-state index contributed by atoms with van der Waals surface area (Å²) in [7, 11) is 0. The standard InChI is InChI=1S/C20H17FN2O2S/c1-2-3-4-11-25-16-9-5-7-15(18(16)21)13-23-19(24)17-12-14-8-6-10-22-20(14)26-17/h5-10,12H,2,11,13H2,1H3,(H,23,24). The first-order valence-corrected chi connectivity index (χ1v) is 8.99. The largest absolute Gasteiger partial charge is 0.478 e. The van der Waals surface area contributed by atoms with Crippen LogP contribution in [-0.4, -0.2) is 17.5 Å². The van der Waals surface area contributed by atoms with Gasteiger partial charge in [-0.2, -0.15) is 0 Å². The lowest BCUT2D eigenvalue weighted by atomic mass is 10.2. The Labute approximate surface area is 155 Å². The van der Waals surface area contributed by atoms with Crippen molar-refractivity contribution in [2.45, 2.75) is 19.9 Å². The van der Waals surface area contributed by atoms with Gasteiger partial charge >= 0.3 is 0 Å². The normalized spacial score (nSPS) is 10.2. The lowest BCUT2D eigenvalue weighted by Gasteiger charge is -2.09. The van der Waals surface area contributed by atoms with E-state index in [0.717, 1.165) is 16.6 Å². The number of nitrogens with zero attached hydrogens (tertiary/aromatic N) is 1. The fourth-order valence-corrected chi connectivity index (χ4v) is 3.26. The number of hydrogen-bond donors (Lipinski definition) is 1. The van der Waals surface area contributed by atoms with Gasteiger partial charge in [0.05, 0.1) is 4.88 Å². The minimum absolute atomic E-state index is 0.0736. The zero-order chi connectivity index (χ0) is 18.4. The number of carbonyl (C=O) groups excluding carboxylic acids is 1. The topological polar surface area (TPSA) is 51.2 Å². The molecule has 0 fully saturated rings. The van der Waals surface area contributed by atoms with Crippen molar-refractivity contribution in [1.29, 1.82) is 0 Å². The zero-order valence-corrected chi connectivity index (χ0v) is 15.0. The van der Waals surface area contributed by atoms with Gasteiger partial charge in [0.2, 0.25) is 0 Å². The maximum absolute atomic E-state index is 14.5. The van der Waals surface area contributed by atoms with Gasteiger partial charge < -0.3 is 10.1 Å². The first-order chi connectivity index (χ1) is 12.7.